The Hall–Kier alpha value is -1.14. The second-order valence-electron chi connectivity index (χ2n) is 3.63. The monoisotopic (exact) mass is 246 g/mol. The van der Waals surface area contributed by atoms with Gasteiger partial charge in [-0.1, -0.05) is 0 Å². The van der Waals surface area contributed by atoms with Crippen LogP contribution >= 0.6 is 0 Å². The molecular formula is C11H22N2O4. The fraction of sp³-hybridized carbons (Fsp3) is 0.818. The summed E-state index contributed by atoms with van der Waals surface area (Å²) in [4.78, 5) is 24.3. The highest BCUT2D eigenvalue weighted by molar-refractivity contribution is 5.83. The van der Waals surface area contributed by atoms with Crippen molar-refractivity contribution in [3.05, 3.63) is 0 Å². The summed E-state index contributed by atoms with van der Waals surface area (Å²) < 4.78 is 9.71. The van der Waals surface area contributed by atoms with Crippen LogP contribution in [-0.2, 0) is 19.1 Å². The fourth-order valence-electron chi connectivity index (χ4n) is 1.27. The molecule has 0 radical (unpaired) electrons. The molecule has 0 unspecified atom stereocenters. The van der Waals surface area contributed by atoms with E-state index in [1.54, 1.807) is 14.2 Å². The lowest BCUT2D eigenvalue weighted by atomic mass is 10.3. The van der Waals surface area contributed by atoms with Gasteiger partial charge in [-0.3, -0.25) is 9.59 Å². The summed E-state index contributed by atoms with van der Waals surface area (Å²) in [5.41, 5.74) is 0. The van der Waals surface area contributed by atoms with Crippen molar-refractivity contribution in [2.75, 3.05) is 47.1 Å². The van der Waals surface area contributed by atoms with E-state index in [0.717, 1.165) is 6.42 Å². The quantitative estimate of drug-likeness (QED) is 0.564. The van der Waals surface area contributed by atoms with Crippen LogP contribution in [0.5, 0.6) is 0 Å². The number of carbonyl (C=O) groups excluding carboxylic acids is 2. The minimum atomic E-state index is -0.172. The van der Waals surface area contributed by atoms with E-state index in [4.69, 9.17) is 9.47 Å². The SMILES string of the molecule is COCCCN(CC(=O)NCCOC)C(C)=O. The van der Waals surface area contributed by atoms with E-state index in [0.29, 0.717) is 26.3 Å². The second-order valence-corrected chi connectivity index (χ2v) is 3.63. The Bertz CT molecular complexity index is 234. The first-order chi connectivity index (χ1) is 8.11. The van der Waals surface area contributed by atoms with Gasteiger partial charge in [-0.15, -0.1) is 0 Å². The van der Waals surface area contributed by atoms with Crippen molar-refractivity contribution in [1.82, 2.24) is 10.2 Å². The van der Waals surface area contributed by atoms with E-state index >= 15 is 0 Å². The average molecular weight is 246 g/mol. The predicted molar refractivity (Wildman–Crippen MR) is 63.6 cm³/mol. The highest BCUT2D eigenvalue weighted by Gasteiger charge is 2.12. The maximum Gasteiger partial charge on any atom is 0.239 e. The van der Waals surface area contributed by atoms with Crippen molar-refractivity contribution in [2.24, 2.45) is 0 Å². The molecule has 0 aliphatic carbocycles. The van der Waals surface area contributed by atoms with Crippen LogP contribution in [0.3, 0.4) is 0 Å². The van der Waals surface area contributed by atoms with Crippen LogP contribution in [-0.4, -0.2) is 63.8 Å². The molecule has 0 heterocycles. The van der Waals surface area contributed by atoms with Gasteiger partial charge in [-0.05, 0) is 6.42 Å². The lowest BCUT2D eigenvalue weighted by molar-refractivity contribution is -0.134. The summed E-state index contributed by atoms with van der Waals surface area (Å²) in [7, 11) is 3.17. The number of ether oxygens (including phenoxy) is 2. The highest BCUT2D eigenvalue weighted by atomic mass is 16.5. The zero-order valence-corrected chi connectivity index (χ0v) is 10.8. The van der Waals surface area contributed by atoms with Crippen molar-refractivity contribution < 1.29 is 19.1 Å². The van der Waals surface area contributed by atoms with E-state index in [-0.39, 0.29) is 18.4 Å². The Morgan fingerprint density at radius 2 is 1.82 bits per heavy atom. The Morgan fingerprint density at radius 3 is 2.35 bits per heavy atom. The Kier molecular flexibility index (Phi) is 9.37. The van der Waals surface area contributed by atoms with Gasteiger partial charge in [0.1, 0.15) is 0 Å². The number of hydrogen-bond acceptors (Lipinski definition) is 4. The molecule has 0 aliphatic rings. The Morgan fingerprint density at radius 1 is 1.18 bits per heavy atom. The minimum absolute atomic E-state index is 0.0861. The molecule has 6 heteroatoms. The van der Waals surface area contributed by atoms with E-state index < -0.39 is 0 Å². The van der Waals surface area contributed by atoms with Crippen LogP contribution < -0.4 is 5.32 Å². The highest BCUT2D eigenvalue weighted by Crippen LogP contribution is 1.93. The van der Waals surface area contributed by atoms with Gasteiger partial charge >= 0.3 is 0 Å². The average Bonchev–Trinajstić information content (AvgIpc) is 2.28. The molecule has 100 valence electrons. The van der Waals surface area contributed by atoms with Crippen molar-refractivity contribution in [1.29, 1.82) is 0 Å². The molecule has 0 atom stereocenters. The van der Waals surface area contributed by atoms with Gasteiger partial charge in [-0.2, -0.15) is 0 Å². The van der Waals surface area contributed by atoms with Crippen LogP contribution in [0.4, 0.5) is 0 Å². The third-order valence-electron chi connectivity index (χ3n) is 2.18. The molecule has 1 N–H and O–H groups in total. The maximum atomic E-state index is 11.5. The van der Waals surface area contributed by atoms with Crippen molar-refractivity contribution >= 4 is 11.8 Å². The molecule has 0 aromatic heterocycles. The maximum absolute atomic E-state index is 11.5. The smallest absolute Gasteiger partial charge is 0.239 e. The number of amides is 2. The third-order valence-corrected chi connectivity index (χ3v) is 2.18. The van der Waals surface area contributed by atoms with E-state index in [9.17, 15) is 9.59 Å². The molecule has 0 aliphatic heterocycles. The summed E-state index contributed by atoms with van der Waals surface area (Å²) in [6.45, 7) is 3.57. The summed E-state index contributed by atoms with van der Waals surface area (Å²) in [5.74, 6) is -0.280. The molecule has 0 spiro atoms. The summed E-state index contributed by atoms with van der Waals surface area (Å²) >= 11 is 0. The van der Waals surface area contributed by atoms with Crippen LogP contribution in [0, 0.1) is 0 Å². The Labute approximate surface area is 102 Å². The fourth-order valence-corrected chi connectivity index (χ4v) is 1.27. The number of nitrogens with one attached hydrogen (secondary N) is 1. The summed E-state index contributed by atoms with van der Waals surface area (Å²) in [5, 5.41) is 2.67. The van der Waals surface area contributed by atoms with Crippen molar-refractivity contribution in [2.45, 2.75) is 13.3 Å². The van der Waals surface area contributed by atoms with Gasteiger partial charge in [0, 0.05) is 40.8 Å². The first-order valence-corrected chi connectivity index (χ1v) is 5.62. The molecule has 0 aromatic carbocycles. The molecule has 17 heavy (non-hydrogen) atoms. The summed E-state index contributed by atoms with van der Waals surface area (Å²) in [6, 6.07) is 0. The zero-order valence-electron chi connectivity index (χ0n) is 10.8. The molecule has 0 bridgehead atoms. The molecule has 0 rings (SSSR count). The molecule has 6 nitrogen and oxygen atoms in total. The first kappa shape index (κ1) is 15.9. The van der Waals surface area contributed by atoms with E-state index in [1.165, 1.54) is 11.8 Å². The number of rotatable bonds is 9. The first-order valence-electron chi connectivity index (χ1n) is 5.62. The van der Waals surface area contributed by atoms with Crippen LogP contribution in [0.2, 0.25) is 0 Å². The number of hydrogen-bond donors (Lipinski definition) is 1. The molecule has 0 aromatic rings. The topological polar surface area (TPSA) is 67.9 Å². The van der Waals surface area contributed by atoms with E-state index in [1.807, 2.05) is 0 Å². The van der Waals surface area contributed by atoms with E-state index in [2.05, 4.69) is 5.32 Å². The largest absolute Gasteiger partial charge is 0.385 e. The number of carbonyl (C=O) groups is 2. The lowest BCUT2D eigenvalue weighted by Crippen LogP contribution is -2.41. The molecular weight excluding hydrogens is 224 g/mol. The normalized spacial score (nSPS) is 10.1. The molecule has 0 fully saturated rings. The standard InChI is InChI=1S/C11H22N2O4/c1-10(14)13(6-4-7-16-2)9-11(15)12-5-8-17-3/h4-9H2,1-3H3,(H,12,15). The Balaban J connectivity index is 3.89. The number of methoxy groups -OCH3 is 2. The van der Waals surface area contributed by atoms with Crippen molar-refractivity contribution in [3.8, 4) is 0 Å². The third kappa shape index (κ3) is 8.65. The van der Waals surface area contributed by atoms with Gasteiger partial charge in [-0.25, -0.2) is 0 Å². The van der Waals surface area contributed by atoms with Gasteiger partial charge in [0.25, 0.3) is 0 Å². The minimum Gasteiger partial charge on any atom is -0.385 e. The van der Waals surface area contributed by atoms with Crippen LogP contribution in [0.15, 0.2) is 0 Å². The van der Waals surface area contributed by atoms with Gasteiger partial charge in [0.15, 0.2) is 0 Å². The molecule has 0 saturated carbocycles. The number of nitrogens with zero attached hydrogens (tertiary/aromatic N) is 1. The molecule has 0 saturated heterocycles. The van der Waals surface area contributed by atoms with Gasteiger partial charge in [0.2, 0.25) is 11.8 Å². The predicted octanol–water partition coefficient (Wildman–Crippen LogP) is -0.366. The van der Waals surface area contributed by atoms with Crippen molar-refractivity contribution in [3.63, 3.8) is 0 Å². The van der Waals surface area contributed by atoms with Gasteiger partial charge in [0.05, 0.1) is 13.2 Å². The second kappa shape index (κ2) is 10.0. The van der Waals surface area contributed by atoms with Crippen LogP contribution in [0.1, 0.15) is 13.3 Å². The zero-order chi connectivity index (χ0) is 13.1. The van der Waals surface area contributed by atoms with Crippen LogP contribution in [0.25, 0.3) is 0 Å². The van der Waals surface area contributed by atoms with Gasteiger partial charge < -0.3 is 19.7 Å². The molecule has 2 amide bonds. The summed E-state index contributed by atoms with van der Waals surface area (Å²) in [6.07, 6.45) is 0.724. The lowest BCUT2D eigenvalue weighted by Gasteiger charge is -2.20.